The lowest BCUT2D eigenvalue weighted by molar-refractivity contribution is 0.414. The molecule has 0 aliphatic carbocycles. The fourth-order valence-corrected chi connectivity index (χ4v) is 1.80. The summed E-state index contributed by atoms with van der Waals surface area (Å²) in [6.07, 6.45) is 1.15. The monoisotopic (exact) mass is 222 g/mol. The Kier molecular flexibility index (Phi) is 5.12. The van der Waals surface area contributed by atoms with Crippen LogP contribution in [0.25, 0.3) is 0 Å². The highest BCUT2D eigenvalue weighted by molar-refractivity contribution is 5.55. The zero-order chi connectivity index (χ0) is 12.0. The number of aryl methyl sites for hydroxylation is 1. The molecule has 0 fully saturated rings. The van der Waals surface area contributed by atoms with Crippen LogP contribution in [-0.4, -0.2) is 34.3 Å². The van der Waals surface area contributed by atoms with Gasteiger partial charge in [-0.2, -0.15) is 0 Å². The van der Waals surface area contributed by atoms with E-state index in [4.69, 9.17) is 4.74 Å². The normalized spacial score (nSPS) is 10.2. The standard InChI is InChI=1S/C13H22N2O/c1-11-10-12(16-4)6-7-13(11)15(3)9-5-8-14-2/h6-7,10,14H,5,8-9H2,1-4H3. The average molecular weight is 222 g/mol. The summed E-state index contributed by atoms with van der Waals surface area (Å²) in [7, 11) is 5.81. The second-order valence-corrected chi connectivity index (χ2v) is 4.03. The molecular formula is C13H22N2O. The number of methoxy groups -OCH3 is 1. The summed E-state index contributed by atoms with van der Waals surface area (Å²) >= 11 is 0. The Bertz CT molecular complexity index is 326. The van der Waals surface area contributed by atoms with Gasteiger partial charge in [-0.25, -0.2) is 0 Å². The van der Waals surface area contributed by atoms with Crippen molar-refractivity contribution in [3.05, 3.63) is 23.8 Å². The van der Waals surface area contributed by atoms with E-state index in [1.807, 2.05) is 13.1 Å². The minimum atomic E-state index is 0.921. The number of hydrogen-bond acceptors (Lipinski definition) is 3. The lowest BCUT2D eigenvalue weighted by Gasteiger charge is -2.21. The van der Waals surface area contributed by atoms with Gasteiger partial charge in [0.1, 0.15) is 5.75 Å². The zero-order valence-corrected chi connectivity index (χ0v) is 10.7. The van der Waals surface area contributed by atoms with Gasteiger partial charge in [0, 0.05) is 19.3 Å². The van der Waals surface area contributed by atoms with E-state index < -0.39 is 0 Å². The number of nitrogens with zero attached hydrogens (tertiary/aromatic N) is 1. The maximum absolute atomic E-state index is 5.20. The molecule has 0 unspecified atom stereocenters. The van der Waals surface area contributed by atoms with Crippen LogP contribution in [0.5, 0.6) is 5.75 Å². The van der Waals surface area contributed by atoms with Crippen molar-refractivity contribution in [2.75, 3.05) is 39.2 Å². The van der Waals surface area contributed by atoms with E-state index in [0.29, 0.717) is 0 Å². The van der Waals surface area contributed by atoms with E-state index in [-0.39, 0.29) is 0 Å². The molecule has 3 heteroatoms. The molecule has 1 N–H and O–H groups in total. The van der Waals surface area contributed by atoms with E-state index in [2.05, 4.69) is 36.3 Å². The molecule has 0 radical (unpaired) electrons. The summed E-state index contributed by atoms with van der Waals surface area (Å²) in [5, 5.41) is 3.16. The molecule has 0 saturated heterocycles. The van der Waals surface area contributed by atoms with Crippen molar-refractivity contribution in [3.63, 3.8) is 0 Å². The van der Waals surface area contributed by atoms with E-state index in [9.17, 15) is 0 Å². The molecule has 3 nitrogen and oxygen atoms in total. The third-order valence-corrected chi connectivity index (χ3v) is 2.74. The summed E-state index contributed by atoms with van der Waals surface area (Å²) in [5.41, 5.74) is 2.53. The van der Waals surface area contributed by atoms with Crippen LogP contribution < -0.4 is 15.0 Å². The minimum Gasteiger partial charge on any atom is -0.497 e. The largest absolute Gasteiger partial charge is 0.497 e. The van der Waals surface area contributed by atoms with Gasteiger partial charge in [0.05, 0.1) is 7.11 Å². The molecule has 1 aromatic rings. The smallest absolute Gasteiger partial charge is 0.119 e. The highest BCUT2D eigenvalue weighted by atomic mass is 16.5. The predicted molar refractivity (Wildman–Crippen MR) is 69.5 cm³/mol. The molecule has 16 heavy (non-hydrogen) atoms. The Morgan fingerprint density at radius 2 is 2.12 bits per heavy atom. The van der Waals surface area contributed by atoms with Crippen molar-refractivity contribution in [2.45, 2.75) is 13.3 Å². The Hall–Kier alpha value is -1.22. The molecule has 0 bridgehead atoms. The van der Waals surface area contributed by atoms with Gasteiger partial charge in [-0.3, -0.25) is 0 Å². The first-order valence-electron chi connectivity index (χ1n) is 5.69. The Morgan fingerprint density at radius 3 is 2.69 bits per heavy atom. The van der Waals surface area contributed by atoms with Crippen molar-refractivity contribution >= 4 is 5.69 Å². The zero-order valence-electron chi connectivity index (χ0n) is 10.7. The third-order valence-electron chi connectivity index (χ3n) is 2.74. The van der Waals surface area contributed by atoms with Gasteiger partial charge in [-0.15, -0.1) is 0 Å². The molecule has 1 rings (SSSR count). The van der Waals surface area contributed by atoms with Gasteiger partial charge in [-0.1, -0.05) is 0 Å². The SMILES string of the molecule is CNCCCN(C)c1ccc(OC)cc1C. The molecule has 0 aliphatic heterocycles. The lowest BCUT2D eigenvalue weighted by atomic mass is 10.1. The lowest BCUT2D eigenvalue weighted by Crippen LogP contribution is -2.22. The van der Waals surface area contributed by atoms with Gasteiger partial charge >= 0.3 is 0 Å². The van der Waals surface area contributed by atoms with Gasteiger partial charge in [0.15, 0.2) is 0 Å². The number of rotatable bonds is 6. The molecule has 0 atom stereocenters. The minimum absolute atomic E-state index is 0.921. The molecule has 0 aliphatic rings. The van der Waals surface area contributed by atoms with Gasteiger partial charge < -0.3 is 15.0 Å². The van der Waals surface area contributed by atoms with Crippen molar-refractivity contribution in [2.24, 2.45) is 0 Å². The maximum atomic E-state index is 5.20. The van der Waals surface area contributed by atoms with Crippen LogP contribution in [0.15, 0.2) is 18.2 Å². The van der Waals surface area contributed by atoms with E-state index in [0.717, 1.165) is 25.3 Å². The van der Waals surface area contributed by atoms with Crippen LogP contribution in [0.2, 0.25) is 0 Å². The summed E-state index contributed by atoms with van der Waals surface area (Å²) in [6, 6.07) is 6.20. The first-order chi connectivity index (χ1) is 7.69. The third kappa shape index (κ3) is 3.42. The second-order valence-electron chi connectivity index (χ2n) is 4.03. The molecule has 0 aromatic heterocycles. The van der Waals surface area contributed by atoms with Crippen LogP contribution in [0.1, 0.15) is 12.0 Å². The quantitative estimate of drug-likeness (QED) is 0.746. The number of hydrogen-bond donors (Lipinski definition) is 1. The molecule has 0 amide bonds. The maximum Gasteiger partial charge on any atom is 0.119 e. The van der Waals surface area contributed by atoms with Crippen LogP contribution in [0.4, 0.5) is 5.69 Å². The average Bonchev–Trinajstić information content (AvgIpc) is 2.29. The second kappa shape index (κ2) is 6.38. The molecule has 0 heterocycles. The number of ether oxygens (including phenoxy) is 1. The van der Waals surface area contributed by atoms with Gasteiger partial charge in [-0.05, 0) is 50.7 Å². The van der Waals surface area contributed by atoms with E-state index >= 15 is 0 Å². The predicted octanol–water partition coefficient (Wildman–Crippen LogP) is 2.05. The number of nitrogens with one attached hydrogen (secondary N) is 1. The highest BCUT2D eigenvalue weighted by Gasteiger charge is 2.05. The fourth-order valence-electron chi connectivity index (χ4n) is 1.80. The van der Waals surface area contributed by atoms with Crippen LogP contribution in [0, 0.1) is 6.92 Å². The van der Waals surface area contributed by atoms with Crippen molar-refractivity contribution in [1.82, 2.24) is 5.32 Å². The molecule has 0 saturated carbocycles. The van der Waals surface area contributed by atoms with Crippen molar-refractivity contribution < 1.29 is 4.74 Å². The summed E-state index contributed by atoms with van der Waals surface area (Å²) in [5.74, 6) is 0.921. The number of benzene rings is 1. The Morgan fingerprint density at radius 1 is 1.38 bits per heavy atom. The summed E-state index contributed by atoms with van der Waals surface area (Å²) in [4.78, 5) is 2.28. The summed E-state index contributed by atoms with van der Waals surface area (Å²) in [6.45, 7) is 4.24. The van der Waals surface area contributed by atoms with Crippen molar-refractivity contribution in [3.8, 4) is 5.75 Å². The van der Waals surface area contributed by atoms with E-state index in [1.54, 1.807) is 7.11 Å². The first-order valence-corrected chi connectivity index (χ1v) is 5.69. The Labute approximate surface area is 98.4 Å². The summed E-state index contributed by atoms with van der Waals surface area (Å²) < 4.78 is 5.20. The topological polar surface area (TPSA) is 24.5 Å². The van der Waals surface area contributed by atoms with Crippen LogP contribution in [0.3, 0.4) is 0 Å². The van der Waals surface area contributed by atoms with Crippen LogP contribution >= 0.6 is 0 Å². The van der Waals surface area contributed by atoms with Gasteiger partial charge in [0.25, 0.3) is 0 Å². The van der Waals surface area contributed by atoms with Crippen LogP contribution in [-0.2, 0) is 0 Å². The molecule has 0 spiro atoms. The highest BCUT2D eigenvalue weighted by Crippen LogP contribution is 2.23. The van der Waals surface area contributed by atoms with E-state index in [1.165, 1.54) is 11.3 Å². The van der Waals surface area contributed by atoms with Gasteiger partial charge in [0.2, 0.25) is 0 Å². The fraction of sp³-hybridized carbons (Fsp3) is 0.538. The molecule has 90 valence electrons. The number of anilines is 1. The van der Waals surface area contributed by atoms with Crippen molar-refractivity contribution in [1.29, 1.82) is 0 Å². The Balaban J connectivity index is 2.64. The first kappa shape index (κ1) is 12.8. The molecule has 1 aromatic carbocycles. The molecular weight excluding hydrogens is 200 g/mol.